The molecule has 1 aromatic rings. The number of fused-ring (bicyclic) bond motifs is 3. The van der Waals surface area contributed by atoms with Gasteiger partial charge in [-0.15, -0.1) is 0 Å². The quantitative estimate of drug-likeness (QED) is 0.194. The molecule has 1 aromatic carbocycles. The molecule has 11 nitrogen and oxygen atoms in total. The van der Waals surface area contributed by atoms with Crippen molar-refractivity contribution in [2.75, 3.05) is 7.11 Å². The Morgan fingerprint density at radius 3 is 2.46 bits per heavy atom. The van der Waals surface area contributed by atoms with E-state index in [0.717, 1.165) is 6.08 Å². The fourth-order valence-electron chi connectivity index (χ4n) is 5.37. The number of rotatable bonds is 3. The molecule has 1 amide bonds. The van der Waals surface area contributed by atoms with Gasteiger partial charge in [0, 0.05) is 35.5 Å². The zero-order chi connectivity index (χ0) is 26.0. The van der Waals surface area contributed by atoms with E-state index in [2.05, 4.69) is 4.74 Å². The molecule has 0 saturated heterocycles. The van der Waals surface area contributed by atoms with Gasteiger partial charge < -0.3 is 36.0 Å². The molecule has 0 bridgehead atoms. The number of methoxy groups -OCH3 is 1. The first-order chi connectivity index (χ1) is 16.4. The number of esters is 1. The third kappa shape index (κ3) is 3.19. The van der Waals surface area contributed by atoms with Crippen molar-refractivity contribution < 1.29 is 49.4 Å². The van der Waals surface area contributed by atoms with Crippen molar-refractivity contribution in [1.82, 2.24) is 0 Å². The first kappa shape index (κ1) is 24.2. The predicted octanol–water partition coefficient (Wildman–Crippen LogP) is 0.142. The summed E-state index contributed by atoms with van der Waals surface area (Å²) < 4.78 is 4.51. The van der Waals surface area contributed by atoms with Gasteiger partial charge in [0.15, 0.2) is 11.4 Å². The van der Waals surface area contributed by atoms with Crippen molar-refractivity contribution in [2.45, 2.75) is 31.0 Å². The lowest BCUT2D eigenvalue weighted by Gasteiger charge is -2.50. The van der Waals surface area contributed by atoms with Crippen molar-refractivity contribution in [1.29, 1.82) is 0 Å². The van der Waals surface area contributed by atoms with Crippen molar-refractivity contribution in [3.05, 3.63) is 51.8 Å². The summed E-state index contributed by atoms with van der Waals surface area (Å²) in [5.74, 6) is -10.0. The summed E-state index contributed by atoms with van der Waals surface area (Å²) in [4.78, 5) is 49.1. The zero-order valence-electron chi connectivity index (χ0n) is 18.7. The maximum atomic E-state index is 13.6. The summed E-state index contributed by atoms with van der Waals surface area (Å²) in [7, 11) is 1.17. The summed E-state index contributed by atoms with van der Waals surface area (Å²) in [6.45, 7) is 1.62. The van der Waals surface area contributed by atoms with Gasteiger partial charge in [-0.05, 0) is 17.6 Å². The Morgan fingerprint density at radius 2 is 1.86 bits per heavy atom. The van der Waals surface area contributed by atoms with E-state index in [4.69, 9.17) is 5.73 Å². The van der Waals surface area contributed by atoms with Gasteiger partial charge in [0.05, 0.1) is 18.8 Å². The van der Waals surface area contributed by atoms with Crippen LogP contribution >= 0.6 is 0 Å². The summed E-state index contributed by atoms with van der Waals surface area (Å²) in [5, 5.41) is 55.0. The molecule has 11 heteroatoms. The van der Waals surface area contributed by atoms with Crippen molar-refractivity contribution in [2.24, 2.45) is 17.6 Å². The largest absolute Gasteiger partial charge is 0.508 e. The van der Waals surface area contributed by atoms with Crippen LogP contribution in [0.3, 0.4) is 0 Å². The number of benzene rings is 1. The highest BCUT2D eigenvalue weighted by Gasteiger charge is 2.64. The molecule has 4 rings (SSSR count). The number of primary amides is 1. The van der Waals surface area contributed by atoms with Gasteiger partial charge in [-0.25, -0.2) is 4.79 Å². The van der Waals surface area contributed by atoms with Crippen molar-refractivity contribution in [3.8, 4) is 5.75 Å². The number of amides is 1. The Morgan fingerprint density at radius 1 is 1.20 bits per heavy atom. The zero-order valence-corrected chi connectivity index (χ0v) is 18.7. The number of phenolic OH excluding ortho intramolecular Hbond substituents is 1. The van der Waals surface area contributed by atoms with Crippen LogP contribution in [-0.4, -0.2) is 67.8 Å². The molecule has 0 unspecified atom stereocenters. The van der Waals surface area contributed by atoms with Gasteiger partial charge in [-0.2, -0.15) is 0 Å². The summed E-state index contributed by atoms with van der Waals surface area (Å²) >= 11 is 0. The monoisotopic (exact) mass is 485 g/mol. The van der Waals surface area contributed by atoms with Crippen LogP contribution in [0.2, 0.25) is 0 Å². The van der Waals surface area contributed by atoms with Crippen LogP contribution in [0.1, 0.15) is 36.0 Å². The van der Waals surface area contributed by atoms with E-state index in [9.17, 15) is 44.7 Å². The Labute approximate surface area is 198 Å². The summed E-state index contributed by atoms with van der Waals surface area (Å²) in [6, 6.07) is 3.00. The smallest absolute Gasteiger partial charge is 0.330 e. The molecule has 0 heterocycles. The molecule has 184 valence electrons. The number of carbonyl (C=O) groups excluding carboxylic acids is 4. The lowest BCUT2D eigenvalue weighted by Crippen LogP contribution is -2.63. The number of nitrogens with two attached hydrogens (primary N) is 1. The van der Waals surface area contributed by atoms with Gasteiger partial charge >= 0.3 is 5.97 Å². The highest BCUT2D eigenvalue weighted by molar-refractivity contribution is 6.23. The van der Waals surface area contributed by atoms with Gasteiger partial charge in [0.2, 0.25) is 5.78 Å². The molecule has 0 aromatic heterocycles. The molecule has 1 fully saturated rings. The van der Waals surface area contributed by atoms with Gasteiger partial charge in [0.25, 0.3) is 5.91 Å². The van der Waals surface area contributed by atoms with E-state index in [1.54, 1.807) is 6.92 Å². The van der Waals surface area contributed by atoms with Crippen LogP contribution in [-0.2, 0) is 23.9 Å². The number of aliphatic hydroxyl groups is 4. The first-order valence-electron chi connectivity index (χ1n) is 10.6. The first-order valence-corrected chi connectivity index (χ1v) is 10.6. The van der Waals surface area contributed by atoms with E-state index >= 15 is 0 Å². The topological polar surface area (TPSA) is 205 Å². The molecule has 3 aliphatic rings. The number of aromatic hydroxyl groups is 1. The second-order valence-electron chi connectivity index (χ2n) is 8.81. The Kier molecular flexibility index (Phi) is 5.57. The maximum absolute atomic E-state index is 13.6. The SMILES string of the molecule is COC(=O)/C=C/c1ccc2c(c1O)C(O)=C1C(=O)[C@]3(O)C(O)=C(C(N)=O)C(=O)C[C@@H]3[C@@H](O)[C@@H]1[C@H]2C. The second-order valence-corrected chi connectivity index (χ2v) is 8.81. The highest BCUT2D eigenvalue weighted by Crippen LogP contribution is 2.55. The van der Waals surface area contributed by atoms with Gasteiger partial charge in [-0.1, -0.05) is 19.1 Å². The minimum absolute atomic E-state index is 0.106. The minimum atomic E-state index is -2.90. The average Bonchev–Trinajstić information content (AvgIpc) is 2.80. The van der Waals surface area contributed by atoms with Crippen LogP contribution in [0, 0.1) is 11.8 Å². The lowest BCUT2D eigenvalue weighted by atomic mass is 9.55. The molecule has 7 N–H and O–H groups in total. The number of aliphatic hydroxyl groups excluding tert-OH is 3. The van der Waals surface area contributed by atoms with Crippen LogP contribution in [0.4, 0.5) is 0 Å². The van der Waals surface area contributed by atoms with Crippen molar-refractivity contribution in [3.63, 3.8) is 0 Å². The fraction of sp³-hybridized carbons (Fsp3) is 0.333. The minimum Gasteiger partial charge on any atom is -0.508 e. The molecule has 35 heavy (non-hydrogen) atoms. The van der Waals surface area contributed by atoms with Crippen LogP contribution in [0.5, 0.6) is 5.75 Å². The van der Waals surface area contributed by atoms with Crippen LogP contribution < -0.4 is 5.73 Å². The Bertz CT molecular complexity index is 1290. The van der Waals surface area contributed by atoms with Gasteiger partial charge in [-0.3, -0.25) is 14.4 Å². The lowest BCUT2D eigenvalue weighted by molar-refractivity contribution is -0.160. The average molecular weight is 485 g/mol. The maximum Gasteiger partial charge on any atom is 0.330 e. The number of carbonyl (C=O) groups is 4. The fourth-order valence-corrected chi connectivity index (χ4v) is 5.37. The number of Topliss-reactive ketones (excluding diaryl/α,β-unsaturated/α-hetero) is 2. The van der Waals surface area contributed by atoms with E-state index in [1.165, 1.54) is 25.3 Å². The number of phenols is 1. The third-order valence-corrected chi connectivity index (χ3v) is 7.13. The highest BCUT2D eigenvalue weighted by atomic mass is 16.5. The molecule has 0 aliphatic heterocycles. The van der Waals surface area contributed by atoms with Gasteiger partial charge in [0.1, 0.15) is 22.8 Å². The van der Waals surface area contributed by atoms with Crippen molar-refractivity contribution >= 4 is 35.3 Å². The second kappa shape index (κ2) is 8.07. The van der Waals surface area contributed by atoms with E-state index in [-0.39, 0.29) is 11.1 Å². The number of ketones is 2. The van der Waals surface area contributed by atoms with Crippen LogP contribution in [0.15, 0.2) is 35.1 Å². The number of hydrogen-bond acceptors (Lipinski definition) is 10. The summed E-state index contributed by atoms with van der Waals surface area (Å²) in [6.07, 6.45) is 0.0342. The normalized spacial score (nSPS) is 30.2. The van der Waals surface area contributed by atoms with E-state index in [1.807, 2.05) is 0 Å². The summed E-state index contributed by atoms with van der Waals surface area (Å²) in [5.41, 5.74) is 1.13. The molecule has 3 aliphatic carbocycles. The van der Waals surface area contributed by atoms with E-state index < -0.39 is 87.7 Å². The predicted molar refractivity (Wildman–Crippen MR) is 119 cm³/mol. The molecule has 1 saturated carbocycles. The standard InChI is InChI=1S/C24H23NO10/c1-8-10-5-3-9(4-6-13(27)35-2)18(28)15(10)20(30)17-14(8)19(29)11-7-12(26)16(23(25)33)21(31)24(11,34)22(17)32/h3-6,8,11,14,19,28-31,34H,7H2,1-2H3,(H2,25,33)/b6-4+/t8-,11+,14+,19+,24+/m0/s1. The molecular formula is C24H23NO10. The third-order valence-electron chi connectivity index (χ3n) is 7.13. The van der Waals surface area contributed by atoms with Crippen LogP contribution in [0.25, 0.3) is 11.8 Å². The molecule has 0 spiro atoms. The number of ether oxygens (including phenoxy) is 1. The molecule has 5 atom stereocenters. The Balaban J connectivity index is 1.95. The Hall–Kier alpha value is -3.96. The number of hydrogen-bond donors (Lipinski definition) is 6. The molecule has 0 radical (unpaired) electrons. The van der Waals surface area contributed by atoms with E-state index in [0.29, 0.717) is 5.56 Å². The molecular weight excluding hydrogens is 462 g/mol.